The van der Waals surface area contributed by atoms with E-state index in [1.165, 1.54) is 83.3 Å². The van der Waals surface area contributed by atoms with Gasteiger partial charge in [0, 0.05) is 13.0 Å². The number of phosphoric acid groups is 1. The van der Waals surface area contributed by atoms with E-state index >= 15 is 4.39 Å². The molecule has 8 nitrogen and oxygen atoms in total. The van der Waals surface area contributed by atoms with Crippen LogP contribution in [0, 0.1) is 0 Å². The molecule has 0 saturated carbocycles. The van der Waals surface area contributed by atoms with E-state index in [-0.39, 0.29) is 19.6 Å². The Morgan fingerprint density at radius 2 is 1.09 bits per heavy atom. The number of nitrogens with two attached hydrogens (primary N) is 1. The molecular weight excluding hydrogens is 716 g/mol. The predicted octanol–water partition coefficient (Wildman–Crippen LogP) is 13.2. The van der Waals surface area contributed by atoms with Gasteiger partial charge in [-0.1, -0.05) is 170 Å². The molecule has 0 aliphatic carbocycles. The summed E-state index contributed by atoms with van der Waals surface area (Å²) in [5, 5.41) is 0. The number of carbonyl (C=O) groups excluding carboxylic acids is 1. The molecule has 0 radical (unpaired) electrons. The zero-order valence-corrected chi connectivity index (χ0v) is 35.3. The number of phosphoric ester groups is 1. The Hall–Kier alpha value is -2.55. The van der Waals surface area contributed by atoms with E-state index in [1.807, 2.05) is 12.2 Å². The Morgan fingerprint density at radius 3 is 1.56 bits per heavy atom. The second-order valence-electron chi connectivity index (χ2n) is 13.6. The first-order valence-corrected chi connectivity index (χ1v) is 22.7. The molecule has 3 atom stereocenters. The van der Waals surface area contributed by atoms with E-state index in [4.69, 9.17) is 24.3 Å². The summed E-state index contributed by atoms with van der Waals surface area (Å²) in [5.41, 5.74) is 5.32. The maximum absolute atomic E-state index is 15.0. The summed E-state index contributed by atoms with van der Waals surface area (Å²) in [6, 6.07) is 0. The zero-order chi connectivity index (χ0) is 40.3. The molecule has 0 rings (SSSR count). The number of halogens is 1. The molecule has 55 heavy (non-hydrogen) atoms. The lowest BCUT2D eigenvalue weighted by Gasteiger charge is -2.22. The highest BCUT2D eigenvalue weighted by Gasteiger charge is 2.31. The summed E-state index contributed by atoms with van der Waals surface area (Å²) in [4.78, 5) is 22.3. The summed E-state index contributed by atoms with van der Waals surface area (Å²) in [5.74, 6) is -0.679. The molecule has 0 aliphatic rings. The third-order valence-electron chi connectivity index (χ3n) is 8.49. The van der Waals surface area contributed by atoms with Gasteiger partial charge in [0.2, 0.25) is 0 Å². The van der Waals surface area contributed by atoms with Crippen LogP contribution in [0.15, 0.2) is 85.3 Å². The van der Waals surface area contributed by atoms with Crippen molar-refractivity contribution in [1.29, 1.82) is 0 Å². The highest BCUT2D eigenvalue weighted by Crippen LogP contribution is 2.43. The van der Waals surface area contributed by atoms with Gasteiger partial charge >= 0.3 is 13.8 Å². The minimum atomic E-state index is -4.51. The van der Waals surface area contributed by atoms with Gasteiger partial charge in [-0.15, -0.1) is 0 Å². The molecule has 0 saturated heterocycles. The average molecular weight is 794 g/mol. The van der Waals surface area contributed by atoms with Gasteiger partial charge in [0.1, 0.15) is 6.61 Å². The van der Waals surface area contributed by atoms with Gasteiger partial charge in [-0.05, 0) is 63.9 Å². The van der Waals surface area contributed by atoms with E-state index in [9.17, 15) is 14.3 Å². The number of rotatable bonds is 39. The lowest BCUT2D eigenvalue weighted by molar-refractivity contribution is -0.168. The molecule has 0 aromatic heterocycles. The first-order chi connectivity index (χ1) is 26.9. The van der Waals surface area contributed by atoms with Crippen molar-refractivity contribution in [2.45, 2.75) is 174 Å². The topological polar surface area (TPSA) is 117 Å². The second-order valence-corrected chi connectivity index (χ2v) is 15.1. The maximum atomic E-state index is 15.0. The van der Waals surface area contributed by atoms with Crippen LogP contribution in [-0.2, 0) is 27.9 Å². The van der Waals surface area contributed by atoms with Gasteiger partial charge in [0.25, 0.3) is 6.36 Å². The number of carbonyl (C=O) groups is 1. The number of alkyl halides is 1. The standard InChI is InChI=1S/C45H77FNO7P/c1-3-5-7-9-11-13-15-17-19-21-22-23-24-26-28-30-32-34-36-38-44(48)54-43(42-53-55(49,50)52-41-39-47)45(46)51-40-37-35-33-31-29-27-25-20-18-16-14-12-10-8-6-4-2/h5,7,11,13,17,19,22-23,26,28,32,34,37,40,43,45H,3-4,6,8-10,12,14-16,18,20-21,24-25,27,29-31,33,35-36,38-39,41-42,47H2,1-2H3,(H,49,50)/b7-5-,13-11-,19-17-,23-22-,28-26-,34-32-,40-37-. The molecule has 10 heteroatoms. The van der Waals surface area contributed by atoms with Crippen molar-refractivity contribution >= 4 is 13.8 Å². The number of esters is 1. The molecule has 0 aromatic carbocycles. The van der Waals surface area contributed by atoms with Gasteiger partial charge in [0.05, 0.1) is 12.9 Å². The van der Waals surface area contributed by atoms with Crippen molar-refractivity contribution in [2.24, 2.45) is 5.73 Å². The normalized spacial score (nSPS) is 14.9. The number of hydrogen-bond donors (Lipinski definition) is 2. The molecule has 0 spiro atoms. The van der Waals surface area contributed by atoms with Crippen LogP contribution in [0.5, 0.6) is 0 Å². The fourth-order valence-electron chi connectivity index (χ4n) is 5.35. The summed E-state index contributed by atoms with van der Waals surface area (Å²) in [6.07, 6.45) is 49.1. The average Bonchev–Trinajstić information content (AvgIpc) is 3.17. The summed E-state index contributed by atoms with van der Waals surface area (Å²) >= 11 is 0. The van der Waals surface area contributed by atoms with Crippen LogP contribution in [0.3, 0.4) is 0 Å². The SMILES string of the molecule is CC/C=C\C/C=C\C/C=C\C/C=C\C/C=C\C/C=C\CCC(=O)OC(COP(=O)(O)OCCN)C(F)O/C=C\CCCCCCCCCCCCCCCC. The minimum absolute atomic E-state index is 0.000126. The smallest absolute Gasteiger partial charge is 0.464 e. The monoisotopic (exact) mass is 794 g/mol. The van der Waals surface area contributed by atoms with Crippen molar-refractivity contribution in [2.75, 3.05) is 19.8 Å². The van der Waals surface area contributed by atoms with Gasteiger partial charge in [0.15, 0.2) is 6.10 Å². The summed E-state index contributed by atoms with van der Waals surface area (Å²) in [6.45, 7) is 3.44. The molecule has 0 aromatic rings. The number of hydrogen-bond acceptors (Lipinski definition) is 7. The zero-order valence-electron chi connectivity index (χ0n) is 34.4. The van der Waals surface area contributed by atoms with Crippen LogP contribution >= 0.6 is 7.82 Å². The second kappa shape index (κ2) is 41.1. The van der Waals surface area contributed by atoms with E-state index in [0.717, 1.165) is 57.8 Å². The molecule has 0 amide bonds. The van der Waals surface area contributed by atoms with Crippen molar-refractivity contribution in [3.63, 3.8) is 0 Å². The Balaban J connectivity index is 4.38. The van der Waals surface area contributed by atoms with Gasteiger partial charge < -0.3 is 20.1 Å². The van der Waals surface area contributed by atoms with Crippen LogP contribution in [0.1, 0.15) is 162 Å². The predicted molar refractivity (Wildman–Crippen MR) is 228 cm³/mol. The largest absolute Gasteiger partial charge is 0.472 e. The molecule has 316 valence electrons. The quantitative estimate of drug-likeness (QED) is 0.0208. The summed E-state index contributed by atoms with van der Waals surface area (Å²) < 4.78 is 47.1. The molecule has 0 aliphatic heterocycles. The number of ether oxygens (including phenoxy) is 2. The number of allylic oxidation sites excluding steroid dienone is 13. The maximum Gasteiger partial charge on any atom is 0.472 e. The minimum Gasteiger partial charge on any atom is -0.464 e. The van der Waals surface area contributed by atoms with Gasteiger partial charge in [-0.2, -0.15) is 4.39 Å². The molecule has 3 N–H and O–H groups in total. The van der Waals surface area contributed by atoms with Crippen molar-refractivity contribution in [3.8, 4) is 0 Å². The summed E-state index contributed by atoms with van der Waals surface area (Å²) in [7, 11) is -4.51. The Kier molecular flexibility index (Phi) is 39.2. The molecular formula is C45H77FNO7P. The number of unbranched alkanes of at least 4 members (excludes halogenated alkanes) is 14. The van der Waals surface area contributed by atoms with Crippen LogP contribution in [0.25, 0.3) is 0 Å². The van der Waals surface area contributed by atoms with Gasteiger partial charge in [-0.3, -0.25) is 13.8 Å². The van der Waals surface area contributed by atoms with E-state index < -0.39 is 32.9 Å². The first-order valence-electron chi connectivity index (χ1n) is 21.2. The molecule has 0 bridgehead atoms. The van der Waals surface area contributed by atoms with Crippen molar-refractivity contribution in [1.82, 2.24) is 0 Å². The highest BCUT2D eigenvalue weighted by molar-refractivity contribution is 7.47. The van der Waals surface area contributed by atoms with E-state index in [2.05, 4.69) is 74.6 Å². The Labute approximate surface area is 334 Å². The lowest BCUT2D eigenvalue weighted by Crippen LogP contribution is -2.33. The third-order valence-corrected chi connectivity index (χ3v) is 9.47. The van der Waals surface area contributed by atoms with Crippen LogP contribution in [0.4, 0.5) is 4.39 Å². The van der Waals surface area contributed by atoms with Crippen LogP contribution < -0.4 is 5.73 Å². The van der Waals surface area contributed by atoms with Gasteiger partial charge in [-0.25, -0.2) is 4.57 Å². The van der Waals surface area contributed by atoms with E-state index in [1.54, 1.807) is 6.08 Å². The molecule has 3 unspecified atom stereocenters. The van der Waals surface area contributed by atoms with E-state index in [0.29, 0.717) is 6.42 Å². The Morgan fingerprint density at radius 1 is 0.636 bits per heavy atom. The third kappa shape index (κ3) is 39.5. The lowest BCUT2D eigenvalue weighted by atomic mass is 10.0. The fourth-order valence-corrected chi connectivity index (χ4v) is 6.09. The first kappa shape index (κ1) is 52.5. The molecule has 0 fully saturated rings. The highest BCUT2D eigenvalue weighted by atomic mass is 31.2. The Bertz CT molecular complexity index is 1130. The van der Waals surface area contributed by atoms with Crippen LogP contribution in [-0.4, -0.2) is 43.1 Å². The van der Waals surface area contributed by atoms with Crippen LogP contribution in [0.2, 0.25) is 0 Å². The fraction of sp³-hybridized carbons (Fsp3) is 0.667. The van der Waals surface area contributed by atoms with Crippen molar-refractivity contribution in [3.05, 3.63) is 85.3 Å². The molecule has 0 heterocycles. The van der Waals surface area contributed by atoms with Crippen molar-refractivity contribution < 1.29 is 37.2 Å².